The number of nitrogens with zero attached hydrogens (tertiary/aromatic N) is 2. The number of nitro groups is 1. The number of carbonyl (C=O) groups excluding carboxylic acids is 1. The second kappa shape index (κ2) is 7.35. The molecular weight excluding hydrogens is 386 g/mol. The number of nitrogens with one attached hydrogen (secondary N) is 1. The van der Waals surface area contributed by atoms with E-state index in [4.69, 9.17) is 15.9 Å². The van der Waals surface area contributed by atoms with Crippen LogP contribution in [0.2, 0.25) is 0 Å². The minimum absolute atomic E-state index is 0.0828. The summed E-state index contributed by atoms with van der Waals surface area (Å²) in [5.74, 6) is 2.38. The number of anilines is 1. The smallest absolute Gasteiger partial charge is 0.256 e. The predicted molar refractivity (Wildman–Crippen MR) is 110 cm³/mol. The van der Waals surface area contributed by atoms with E-state index < -0.39 is 17.5 Å². The fourth-order valence-corrected chi connectivity index (χ4v) is 4.73. The second-order valence-electron chi connectivity index (χ2n) is 7.39. The van der Waals surface area contributed by atoms with Crippen molar-refractivity contribution in [1.29, 1.82) is 0 Å². The molecule has 1 fully saturated rings. The molecule has 2 aromatic rings. The summed E-state index contributed by atoms with van der Waals surface area (Å²) in [4.78, 5) is 26.9. The number of hydrogen-bond donors (Lipinski definition) is 1. The maximum atomic E-state index is 13.1. The Balaban J connectivity index is 1.81. The van der Waals surface area contributed by atoms with E-state index in [0.29, 0.717) is 34.9 Å². The lowest BCUT2D eigenvalue weighted by Crippen LogP contribution is -2.54. The average molecular weight is 407 g/mol. The third kappa shape index (κ3) is 2.70. The van der Waals surface area contributed by atoms with Gasteiger partial charge in [-0.2, -0.15) is 0 Å². The zero-order valence-corrected chi connectivity index (χ0v) is 16.6. The first-order valence-corrected chi connectivity index (χ1v) is 9.45. The van der Waals surface area contributed by atoms with Crippen LogP contribution in [0, 0.1) is 22.5 Å². The fraction of sp³-hybridized carbons (Fsp3) is 0.318. The molecule has 0 bridgehead atoms. The third-order valence-corrected chi connectivity index (χ3v) is 5.97. The van der Waals surface area contributed by atoms with E-state index in [1.54, 1.807) is 54.4 Å². The molecule has 0 radical (unpaired) electrons. The van der Waals surface area contributed by atoms with Crippen molar-refractivity contribution in [3.05, 3.63) is 63.7 Å². The van der Waals surface area contributed by atoms with Crippen molar-refractivity contribution in [3.63, 3.8) is 0 Å². The molecule has 2 aliphatic rings. The zero-order chi connectivity index (χ0) is 21.5. The minimum Gasteiger partial charge on any atom is -0.493 e. The van der Waals surface area contributed by atoms with Crippen LogP contribution in [0.5, 0.6) is 11.5 Å². The number of carbonyl (C=O) groups is 1. The standard InChI is InChI=1S/C22H21N3O5/c1-4-11-30-18-10-9-14(12-19(18)29-3)15-13-24(2)22(20(15)25(27)28)16-7-5-6-8-17(16)23-21(22)26/h1,5-10,12,15,20H,11,13H2,2-3H3,(H,23,26)/t15-,20-,22-/m0/s1. The van der Waals surface area contributed by atoms with Gasteiger partial charge in [-0.3, -0.25) is 19.8 Å². The number of benzene rings is 2. The maximum Gasteiger partial charge on any atom is 0.256 e. The van der Waals surface area contributed by atoms with Gasteiger partial charge in [0.1, 0.15) is 6.61 Å². The molecule has 0 unspecified atom stereocenters. The Morgan fingerprint density at radius 1 is 1.33 bits per heavy atom. The molecule has 2 heterocycles. The van der Waals surface area contributed by atoms with E-state index in [1.807, 2.05) is 0 Å². The van der Waals surface area contributed by atoms with E-state index in [1.165, 1.54) is 7.11 Å². The predicted octanol–water partition coefficient (Wildman–Crippen LogP) is 2.23. The van der Waals surface area contributed by atoms with Gasteiger partial charge in [0.2, 0.25) is 0 Å². The normalized spacial score (nSPS) is 24.9. The van der Waals surface area contributed by atoms with Crippen molar-refractivity contribution in [2.45, 2.75) is 17.5 Å². The Hall–Kier alpha value is -3.57. The first kappa shape index (κ1) is 19.7. The van der Waals surface area contributed by atoms with Gasteiger partial charge in [-0.05, 0) is 30.8 Å². The quantitative estimate of drug-likeness (QED) is 0.464. The molecule has 2 aliphatic heterocycles. The van der Waals surface area contributed by atoms with Crippen LogP contribution in [0.25, 0.3) is 0 Å². The average Bonchev–Trinajstić information content (AvgIpc) is 3.22. The van der Waals surface area contributed by atoms with Crippen molar-refractivity contribution < 1.29 is 19.2 Å². The van der Waals surface area contributed by atoms with Crippen molar-refractivity contribution in [2.24, 2.45) is 0 Å². The molecule has 8 heteroatoms. The Morgan fingerprint density at radius 3 is 2.80 bits per heavy atom. The summed E-state index contributed by atoms with van der Waals surface area (Å²) < 4.78 is 10.9. The molecule has 1 N–H and O–H groups in total. The number of methoxy groups -OCH3 is 1. The van der Waals surface area contributed by atoms with E-state index in [0.717, 1.165) is 0 Å². The first-order chi connectivity index (χ1) is 14.4. The Bertz CT molecular complexity index is 1060. The Labute approximate surface area is 173 Å². The van der Waals surface area contributed by atoms with E-state index in [2.05, 4.69) is 11.2 Å². The van der Waals surface area contributed by atoms with Gasteiger partial charge in [-0.25, -0.2) is 0 Å². The van der Waals surface area contributed by atoms with Crippen molar-refractivity contribution in [1.82, 2.24) is 4.90 Å². The summed E-state index contributed by atoms with van der Waals surface area (Å²) in [5, 5.41) is 15.2. The fourth-order valence-electron chi connectivity index (χ4n) is 4.73. The molecule has 0 aliphatic carbocycles. The number of terminal acetylenes is 1. The van der Waals surface area contributed by atoms with Crippen LogP contribution < -0.4 is 14.8 Å². The van der Waals surface area contributed by atoms with Gasteiger partial charge >= 0.3 is 0 Å². The molecule has 2 aromatic carbocycles. The van der Waals surface area contributed by atoms with Crippen molar-refractivity contribution in [3.8, 4) is 23.8 Å². The van der Waals surface area contributed by atoms with Gasteiger partial charge < -0.3 is 14.8 Å². The Kier molecular flexibility index (Phi) is 4.84. The number of ether oxygens (including phenoxy) is 2. The number of fused-ring (bicyclic) bond motifs is 2. The summed E-state index contributed by atoms with van der Waals surface area (Å²) in [6, 6.07) is 11.1. The highest BCUT2D eigenvalue weighted by Gasteiger charge is 2.68. The number of likely N-dealkylation sites (N-methyl/N-ethyl adjacent to an activating group) is 1. The van der Waals surface area contributed by atoms with E-state index >= 15 is 0 Å². The minimum atomic E-state index is -1.38. The molecular formula is C22H21N3O5. The molecule has 0 aromatic heterocycles. The molecule has 3 atom stereocenters. The first-order valence-electron chi connectivity index (χ1n) is 9.45. The largest absolute Gasteiger partial charge is 0.493 e. The number of hydrogen-bond acceptors (Lipinski definition) is 6. The number of likely N-dealkylation sites (tertiary alicyclic amines) is 1. The second-order valence-corrected chi connectivity index (χ2v) is 7.39. The van der Waals surface area contributed by atoms with Crippen LogP contribution in [-0.4, -0.2) is 49.1 Å². The highest BCUT2D eigenvalue weighted by Crippen LogP contribution is 2.52. The SMILES string of the molecule is C#CCOc1ccc([C@@H]2CN(C)[C@]3(C(=O)Nc4ccccc43)[C@H]2[N+](=O)[O-])cc1OC. The van der Waals surface area contributed by atoms with Crippen LogP contribution in [-0.2, 0) is 10.3 Å². The van der Waals surface area contributed by atoms with Crippen LogP contribution in [0.1, 0.15) is 17.0 Å². The van der Waals surface area contributed by atoms with E-state index in [-0.39, 0.29) is 17.4 Å². The van der Waals surface area contributed by atoms with Gasteiger partial charge in [0.15, 0.2) is 17.0 Å². The molecule has 1 spiro atoms. The molecule has 8 nitrogen and oxygen atoms in total. The summed E-state index contributed by atoms with van der Waals surface area (Å²) in [6.07, 6.45) is 5.25. The van der Waals surface area contributed by atoms with Crippen molar-refractivity contribution in [2.75, 3.05) is 32.6 Å². The van der Waals surface area contributed by atoms with Crippen LogP contribution in [0.15, 0.2) is 42.5 Å². The summed E-state index contributed by atoms with van der Waals surface area (Å²) >= 11 is 0. The monoisotopic (exact) mass is 407 g/mol. The summed E-state index contributed by atoms with van der Waals surface area (Å²) in [5.41, 5.74) is 0.555. The lowest BCUT2D eigenvalue weighted by atomic mass is 9.79. The lowest BCUT2D eigenvalue weighted by molar-refractivity contribution is -0.534. The van der Waals surface area contributed by atoms with Gasteiger partial charge in [0.25, 0.3) is 11.9 Å². The van der Waals surface area contributed by atoms with Crippen LogP contribution in [0.3, 0.4) is 0 Å². The highest BCUT2D eigenvalue weighted by atomic mass is 16.6. The maximum absolute atomic E-state index is 13.1. The van der Waals surface area contributed by atoms with Crippen LogP contribution >= 0.6 is 0 Å². The zero-order valence-electron chi connectivity index (χ0n) is 16.6. The van der Waals surface area contributed by atoms with Crippen molar-refractivity contribution >= 4 is 11.6 Å². The van der Waals surface area contributed by atoms with Gasteiger partial charge in [-0.1, -0.05) is 30.2 Å². The van der Waals surface area contributed by atoms with Gasteiger partial charge in [0, 0.05) is 22.7 Å². The van der Waals surface area contributed by atoms with Gasteiger partial charge in [-0.15, -0.1) is 6.42 Å². The molecule has 154 valence electrons. The van der Waals surface area contributed by atoms with Gasteiger partial charge in [0.05, 0.1) is 13.0 Å². The molecule has 1 saturated heterocycles. The summed E-state index contributed by atoms with van der Waals surface area (Å²) in [6.45, 7) is 0.417. The highest BCUT2D eigenvalue weighted by molar-refractivity contribution is 6.06. The number of para-hydroxylation sites is 1. The summed E-state index contributed by atoms with van der Waals surface area (Å²) in [7, 11) is 3.25. The number of rotatable bonds is 5. The topological polar surface area (TPSA) is 93.9 Å². The van der Waals surface area contributed by atoms with E-state index in [9.17, 15) is 14.9 Å². The van der Waals surface area contributed by atoms with Crippen LogP contribution in [0.4, 0.5) is 5.69 Å². The molecule has 30 heavy (non-hydrogen) atoms. The molecule has 4 rings (SSSR count). The Morgan fingerprint density at radius 2 is 2.10 bits per heavy atom. The molecule has 0 saturated carbocycles. The lowest BCUT2D eigenvalue weighted by Gasteiger charge is -2.30. The number of amides is 1. The third-order valence-electron chi connectivity index (χ3n) is 5.97. The molecule has 1 amide bonds.